The van der Waals surface area contributed by atoms with E-state index in [1.807, 2.05) is 18.4 Å². The van der Waals surface area contributed by atoms with Crippen LogP contribution in [-0.2, 0) is 50.6 Å². The number of allylic oxidation sites excluding steroid dienone is 6. The van der Waals surface area contributed by atoms with E-state index in [4.69, 9.17) is 5.26 Å². The second-order valence-electron chi connectivity index (χ2n) is 15.2. The average Bonchev–Trinajstić information content (AvgIpc) is 3.50. The van der Waals surface area contributed by atoms with Crippen LogP contribution in [0.1, 0.15) is 82.7 Å². The van der Waals surface area contributed by atoms with Gasteiger partial charge in [-0.05, 0) is 50.6 Å². The Morgan fingerprint density at radius 1 is 0.806 bits per heavy atom. The molecule has 0 radical (unpaired) electrons. The number of carboxylic acids is 1. The monoisotopic (exact) mass is 945 g/mol. The Kier molecular flexibility index (Phi) is 16.5. The molecule has 0 atom stereocenters. The standard InChI is InChI=1S/C38H48N4O16S4/c1-37(2)28-23-25(36(45)46)12-13-29(28)41(16-8-19-60(48,49)50)31(37)10-6-5-7-11-32-38(3,4)33-27(35(44)40-15-21-62(54,55)56)22-26(34(43)39-14-18-59-58-57-47)24-30(33)42(32)17-9-20-61(51,52)53/h5-7,10-13,22-24H,8-9,14-21H2,1-4H3,(H6-,39,40,43,44,45,46,47,48,49,50,51,52,53,54,55,56)/p+1. The molecule has 20 nitrogen and oxygen atoms in total. The van der Waals surface area contributed by atoms with E-state index >= 15 is 0 Å². The van der Waals surface area contributed by atoms with Crippen LogP contribution in [0.25, 0.3) is 0 Å². The molecule has 2 amide bonds. The Morgan fingerprint density at radius 2 is 1.45 bits per heavy atom. The number of nitrogens with zero attached hydrogens (tertiary/aromatic N) is 2. The van der Waals surface area contributed by atoms with E-state index in [-0.39, 0.29) is 54.9 Å². The van der Waals surface area contributed by atoms with Gasteiger partial charge in [0, 0.05) is 95.0 Å². The van der Waals surface area contributed by atoms with Crippen molar-refractivity contribution in [2.75, 3.05) is 54.1 Å². The van der Waals surface area contributed by atoms with E-state index in [9.17, 15) is 58.4 Å². The SMILES string of the molecule is CC1(C)C(/C=C/C=C/C=C2/N(CCCS(=O)(=O)O)c3cc(C(=O)NCCSOOO)cc(C(=O)NCCS(=O)(=O)O)c3C2(C)C)=[N+](CCCS(=O)(=O)O)c2ccc(C(=O)O)cc21. The molecule has 340 valence electrons. The van der Waals surface area contributed by atoms with Gasteiger partial charge in [0.2, 0.25) is 5.69 Å². The highest BCUT2D eigenvalue weighted by atomic mass is 32.2. The van der Waals surface area contributed by atoms with Crippen LogP contribution in [0.15, 0.2) is 66.4 Å². The smallest absolute Gasteiger partial charge is 0.335 e. The number of nitrogens with one attached hydrogen (secondary N) is 2. The number of carbonyl (C=O) groups is 3. The first kappa shape index (κ1) is 50.1. The fourth-order valence-corrected chi connectivity index (χ4v) is 9.06. The van der Waals surface area contributed by atoms with Crippen molar-refractivity contribution < 1.29 is 77.6 Å². The molecule has 2 aliphatic heterocycles. The van der Waals surface area contributed by atoms with Gasteiger partial charge in [-0.3, -0.25) is 23.2 Å². The molecule has 0 spiro atoms. The van der Waals surface area contributed by atoms with Crippen LogP contribution < -0.4 is 15.5 Å². The van der Waals surface area contributed by atoms with Gasteiger partial charge in [0.15, 0.2) is 5.71 Å². The van der Waals surface area contributed by atoms with Crippen molar-refractivity contribution in [3.63, 3.8) is 0 Å². The van der Waals surface area contributed by atoms with Crippen LogP contribution in [0.3, 0.4) is 0 Å². The molecule has 2 aromatic rings. The van der Waals surface area contributed by atoms with Crippen molar-refractivity contribution in [2.45, 2.75) is 51.4 Å². The van der Waals surface area contributed by atoms with Crippen LogP contribution in [0, 0.1) is 0 Å². The fourth-order valence-electron chi connectivity index (χ4n) is 7.41. The van der Waals surface area contributed by atoms with E-state index in [2.05, 4.69) is 20.0 Å². The molecule has 0 bridgehead atoms. The van der Waals surface area contributed by atoms with Crippen LogP contribution in [0.4, 0.5) is 11.4 Å². The maximum atomic E-state index is 13.8. The first-order chi connectivity index (χ1) is 28.8. The molecular weight excluding hydrogens is 897 g/mol. The molecule has 62 heavy (non-hydrogen) atoms. The third kappa shape index (κ3) is 13.0. The highest BCUT2D eigenvalue weighted by Crippen LogP contribution is 2.50. The number of benzene rings is 2. The second kappa shape index (κ2) is 20.3. The summed E-state index contributed by atoms with van der Waals surface area (Å²) in [7, 11) is -13.1. The largest absolute Gasteiger partial charge is 0.478 e. The predicted octanol–water partition coefficient (Wildman–Crippen LogP) is 3.53. The number of aromatic carboxylic acids is 1. The van der Waals surface area contributed by atoms with Crippen LogP contribution in [0.5, 0.6) is 0 Å². The molecule has 0 aliphatic carbocycles. The second-order valence-corrected chi connectivity index (χ2v) is 20.7. The number of carboxylic acid groups (broad SMARTS) is 1. The summed E-state index contributed by atoms with van der Waals surface area (Å²) in [6.45, 7) is 7.06. The number of rotatable bonds is 22. The minimum Gasteiger partial charge on any atom is -0.478 e. The lowest BCUT2D eigenvalue weighted by molar-refractivity contribution is -0.437. The lowest BCUT2D eigenvalue weighted by Crippen LogP contribution is -2.32. The van der Waals surface area contributed by atoms with E-state index in [1.54, 1.807) is 61.3 Å². The zero-order valence-corrected chi connectivity index (χ0v) is 37.4. The van der Waals surface area contributed by atoms with E-state index < -0.39 is 82.8 Å². The van der Waals surface area contributed by atoms with Crippen LogP contribution in [-0.4, -0.2) is 127 Å². The number of amides is 2. The summed E-state index contributed by atoms with van der Waals surface area (Å²) in [6, 6.07) is 7.47. The van der Waals surface area contributed by atoms with Gasteiger partial charge in [-0.2, -0.15) is 29.8 Å². The molecule has 7 N–H and O–H groups in total. The lowest BCUT2D eigenvalue weighted by Gasteiger charge is -2.27. The summed E-state index contributed by atoms with van der Waals surface area (Å²) in [5.41, 5.74) is 1.58. The Hall–Kier alpha value is -4.50. The first-order valence-electron chi connectivity index (χ1n) is 18.8. The summed E-state index contributed by atoms with van der Waals surface area (Å²) in [5, 5.41) is 26.7. The van der Waals surface area contributed by atoms with E-state index in [1.165, 1.54) is 18.2 Å². The number of anilines is 1. The molecule has 24 heteroatoms. The minimum atomic E-state index is -4.45. The van der Waals surface area contributed by atoms with Gasteiger partial charge in [-0.15, -0.1) is 4.33 Å². The predicted molar refractivity (Wildman–Crippen MR) is 230 cm³/mol. The van der Waals surface area contributed by atoms with Gasteiger partial charge in [0.25, 0.3) is 42.2 Å². The fraction of sp³-hybridized carbons (Fsp3) is 0.421. The summed E-state index contributed by atoms with van der Waals surface area (Å²) in [5.74, 6) is -4.29. The van der Waals surface area contributed by atoms with Gasteiger partial charge in [-0.1, -0.05) is 37.1 Å². The van der Waals surface area contributed by atoms with Gasteiger partial charge < -0.3 is 20.6 Å². The van der Waals surface area contributed by atoms with Crippen molar-refractivity contribution in [1.29, 1.82) is 0 Å². The Labute approximate surface area is 363 Å². The third-order valence-corrected chi connectivity index (χ3v) is 13.0. The van der Waals surface area contributed by atoms with Crippen molar-refractivity contribution in [3.05, 3.63) is 94.2 Å². The lowest BCUT2D eigenvalue weighted by atomic mass is 9.80. The zero-order chi connectivity index (χ0) is 46.3. The van der Waals surface area contributed by atoms with Crippen molar-refractivity contribution in [1.82, 2.24) is 10.6 Å². The number of hydrogen-bond acceptors (Lipinski definition) is 14. The van der Waals surface area contributed by atoms with Crippen LogP contribution in [0.2, 0.25) is 0 Å². The molecule has 2 aliphatic rings. The maximum Gasteiger partial charge on any atom is 0.335 e. The maximum absolute atomic E-state index is 13.8. The summed E-state index contributed by atoms with van der Waals surface area (Å²) >= 11 is 0.693. The molecule has 0 saturated carbocycles. The van der Waals surface area contributed by atoms with Crippen molar-refractivity contribution >= 4 is 77.3 Å². The zero-order valence-electron chi connectivity index (χ0n) is 34.1. The van der Waals surface area contributed by atoms with Crippen LogP contribution >= 0.6 is 12.0 Å². The quantitative estimate of drug-likeness (QED) is 0.0169. The molecule has 0 fully saturated rings. The van der Waals surface area contributed by atoms with E-state index in [0.29, 0.717) is 46.0 Å². The Morgan fingerprint density at radius 3 is 2.08 bits per heavy atom. The Balaban J connectivity index is 1.79. The normalized spacial score (nSPS) is 16.6. The summed E-state index contributed by atoms with van der Waals surface area (Å²) in [4.78, 5) is 40.7. The van der Waals surface area contributed by atoms with Gasteiger partial charge in [0.05, 0.1) is 28.2 Å². The first-order valence-corrected chi connectivity index (χ1v) is 24.6. The van der Waals surface area contributed by atoms with Gasteiger partial charge in [0.1, 0.15) is 6.54 Å². The molecule has 0 unspecified atom stereocenters. The Bertz CT molecular complexity index is 2530. The summed E-state index contributed by atoms with van der Waals surface area (Å²) < 4.78 is 104. The number of hydrogen-bond donors (Lipinski definition) is 7. The molecule has 0 saturated heterocycles. The van der Waals surface area contributed by atoms with E-state index in [0.717, 1.165) is 0 Å². The molecule has 0 aromatic heterocycles. The summed E-state index contributed by atoms with van der Waals surface area (Å²) in [6.07, 6.45) is 8.53. The van der Waals surface area contributed by atoms with Crippen molar-refractivity contribution in [2.24, 2.45) is 0 Å². The molecular formula is C38H49N4O16S4+. The molecule has 4 rings (SSSR count). The highest BCUT2D eigenvalue weighted by Gasteiger charge is 2.45. The molecule has 2 heterocycles. The average molecular weight is 946 g/mol. The van der Waals surface area contributed by atoms with Gasteiger partial charge >= 0.3 is 5.97 Å². The third-order valence-electron chi connectivity index (χ3n) is 10.1. The van der Waals surface area contributed by atoms with Gasteiger partial charge in [-0.25, -0.2) is 10.1 Å². The highest BCUT2D eigenvalue weighted by molar-refractivity contribution is 7.94. The topological polar surface area (TPSA) is 304 Å². The molecule has 2 aromatic carbocycles. The number of carbonyl (C=O) groups excluding carboxylic acids is 2. The van der Waals surface area contributed by atoms with Crippen molar-refractivity contribution in [3.8, 4) is 0 Å². The minimum absolute atomic E-state index is 0.00266. The number of fused-ring (bicyclic) bond motifs is 2.